The summed E-state index contributed by atoms with van der Waals surface area (Å²) in [6.07, 6.45) is -6.87. The molecule has 1 aliphatic heterocycles. The highest BCUT2D eigenvalue weighted by Crippen LogP contribution is 2.29. The lowest BCUT2D eigenvalue weighted by molar-refractivity contribution is -0.304. The largest absolute Gasteiger partial charge is 0.394 e. The van der Waals surface area contributed by atoms with Crippen molar-refractivity contribution in [2.45, 2.75) is 37.3 Å². The van der Waals surface area contributed by atoms with Gasteiger partial charge in [-0.1, -0.05) is 30.3 Å². The van der Waals surface area contributed by atoms with Crippen LogP contribution >= 0.6 is 0 Å². The molecule has 1 heterocycles. The van der Waals surface area contributed by atoms with Gasteiger partial charge in [-0.3, -0.25) is 9.59 Å². The van der Waals surface area contributed by atoms with Crippen molar-refractivity contribution in [2.24, 2.45) is 0 Å². The van der Waals surface area contributed by atoms with Gasteiger partial charge in [0, 0.05) is 22.3 Å². The molecule has 0 bridgehead atoms. The second-order valence-corrected chi connectivity index (χ2v) is 7.09. The zero-order chi connectivity index (χ0) is 20.7. The number of rotatable bonds is 4. The minimum atomic E-state index is -1.54. The van der Waals surface area contributed by atoms with Crippen LogP contribution in [0.4, 0.5) is 0 Å². The van der Waals surface area contributed by atoms with E-state index in [1.54, 1.807) is 42.5 Å². The van der Waals surface area contributed by atoms with Crippen molar-refractivity contribution in [3.8, 4) is 0 Å². The van der Waals surface area contributed by atoms with Gasteiger partial charge in [-0.05, 0) is 17.7 Å². The predicted octanol–water partition coefficient (Wildman–Crippen LogP) is -0.222. The summed E-state index contributed by atoms with van der Waals surface area (Å²) in [6, 6.07) is 11.4. The Morgan fingerprint density at radius 2 is 1.45 bits per heavy atom. The average molecular weight is 400 g/mol. The summed E-state index contributed by atoms with van der Waals surface area (Å²) in [6.45, 7) is -0.640. The summed E-state index contributed by atoms with van der Waals surface area (Å²) in [5.74, 6) is -0.485. The van der Waals surface area contributed by atoms with Gasteiger partial charge in [0.2, 0.25) is 0 Å². The topological polar surface area (TPSA) is 134 Å². The first-order valence-electron chi connectivity index (χ1n) is 9.16. The van der Waals surface area contributed by atoms with Crippen LogP contribution in [0.3, 0.4) is 0 Å². The van der Waals surface area contributed by atoms with Gasteiger partial charge in [-0.2, -0.15) is 0 Å². The molecule has 0 spiro atoms. The van der Waals surface area contributed by atoms with Crippen LogP contribution in [0.1, 0.15) is 37.4 Å². The summed E-state index contributed by atoms with van der Waals surface area (Å²) < 4.78 is 10.8. The van der Waals surface area contributed by atoms with Crippen LogP contribution in [-0.2, 0) is 16.1 Å². The molecule has 8 heteroatoms. The van der Waals surface area contributed by atoms with Crippen molar-refractivity contribution in [3.05, 3.63) is 70.3 Å². The lowest BCUT2D eigenvalue weighted by Gasteiger charge is -2.39. The van der Waals surface area contributed by atoms with Crippen LogP contribution in [-0.4, -0.2) is 69.3 Å². The van der Waals surface area contributed by atoms with Crippen LogP contribution in [0.5, 0.6) is 0 Å². The normalized spacial score (nSPS) is 28.8. The molecule has 3 unspecified atom stereocenters. The Kier molecular flexibility index (Phi) is 5.30. The van der Waals surface area contributed by atoms with Gasteiger partial charge in [-0.15, -0.1) is 0 Å². The monoisotopic (exact) mass is 400 g/mol. The number of aliphatic hydroxyl groups excluding tert-OH is 4. The fourth-order valence-corrected chi connectivity index (χ4v) is 3.62. The number of ketones is 2. The van der Waals surface area contributed by atoms with Crippen molar-refractivity contribution in [2.75, 3.05) is 6.61 Å². The summed E-state index contributed by atoms with van der Waals surface area (Å²) in [5, 5.41) is 38.9. The molecule has 4 N–H and O–H groups in total. The van der Waals surface area contributed by atoms with E-state index in [4.69, 9.17) is 9.47 Å². The van der Waals surface area contributed by atoms with Gasteiger partial charge in [-0.25, -0.2) is 0 Å². The highest BCUT2D eigenvalue weighted by Gasteiger charge is 2.44. The molecule has 152 valence electrons. The number of benzene rings is 2. The second-order valence-electron chi connectivity index (χ2n) is 7.09. The molecule has 1 fully saturated rings. The average Bonchev–Trinajstić information content (AvgIpc) is 2.75. The number of ether oxygens (including phenoxy) is 2. The third kappa shape index (κ3) is 3.40. The highest BCUT2D eigenvalue weighted by molar-refractivity contribution is 6.28. The first-order chi connectivity index (χ1) is 13.9. The zero-order valence-electron chi connectivity index (χ0n) is 15.3. The Bertz CT molecular complexity index is 953. The molecule has 29 heavy (non-hydrogen) atoms. The van der Waals surface area contributed by atoms with Crippen LogP contribution < -0.4 is 0 Å². The fraction of sp³-hybridized carbons (Fsp3) is 0.333. The van der Waals surface area contributed by atoms with E-state index in [1.807, 2.05) is 0 Å². The molecule has 0 radical (unpaired) electrons. The molecule has 4 rings (SSSR count). The van der Waals surface area contributed by atoms with Gasteiger partial charge in [0.25, 0.3) is 0 Å². The summed E-state index contributed by atoms with van der Waals surface area (Å²) >= 11 is 0. The summed E-state index contributed by atoms with van der Waals surface area (Å²) in [7, 11) is 0. The maximum atomic E-state index is 12.8. The minimum absolute atomic E-state index is 0.0842. The number of hydrogen-bond donors (Lipinski definition) is 4. The van der Waals surface area contributed by atoms with Gasteiger partial charge in [0.15, 0.2) is 17.9 Å². The number of carbonyl (C=O) groups is 2. The Hall–Kier alpha value is -2.46. The number of fused-ring (bicyclic) bond motifs is 2. The Balaban J connectivity index is 1.53. The SMILES string of the molecule is O=C1c2ccccc2C(=O)c2cc(CO[C@@H]3OC(CO)[C@@H](O)C(O)C3O)ccc21. The molecule has 8 nitrogen and oxygen atoms in total. The first kappa shape index (κ1) is 19.8. The number of hydrogen-bond acceptors (Lipinski definition) is 8. The predicted molar refractivity (Wildman–Crippen MR) is 98.3 cm³/mol. The Morgan fingerprint density at radius 1 is 0.828 bits per heavy atom. The van der Waals surface area contributed by atoms with Gasteiger partial charge in [0.1, 0.15) is 24.4 Å². The molecule has 1 saturated heterocycles. The smallest absolute Gasteiger partial charge is 0.194 e. The Morgan fingerprint density at radius 3 is 2.10 bits per heavy atom. The lowest BCUT2D eigenvalue weighted by atomic mass is 9.83. The van der Waals surface area contributed by atoms with E-state index < -0.39 is 37.3 Å². The van der Waals surface area contributed by atoms with Crippen LogP contribution in [0.25, 0.3) is 0 Å². The van der Waals surface area contributed by atoms with Crippen molar-refractivity contribution < 1.29 is 39.5 Å². The minimum Gasteiger partial charge on any atom is -0.394 e. The third-order valence-electron chi connectivity index (χ3n) is 5.25. The van der Waals surface area contributed by atoms with Crippen molar-refractivity contribution in [1.29, 1.82) is 0 Å². The van der Waals surface area contributed by atoms with E-state index in [2.05, 4.69) is 0 Å². The van der Waals surface area contributed by atoms with Crippen LogP contribution in [0, 0.1) is 0 Å². The van der Waals surface area contributed by atoms with Gasteiger partial charge in [0.05, 0.1) is 13.2 Å². The quantitative estimate of drug-likeness (QED) is 0.472. The molecule has 2 aromatic carbocycles. The van der Waals surface area contributed by atoms with E-state index in [0.29, 0.717) is 22.3 Å². The maximum absolute atomic E-state index is 12.8. The van der Waals surface area contributed by atoms with Crippen molar-refractivity contribution in [1.82, 2.24) is 0 Å². The van der Waals surface area contributed by atoms with E-state index >= 15 is 0 Å². The molecule has 2 aromatic rings. The summed E-state index contributed by atoms with van der Waals surface area (Å²) in [5.41, 5.74) is 1.85. The molecule has 2 aliphatic rings. The fourth-order valence-electron chi connectivity index (χ4n) is 3.62. The van der Waals surface area contributed by atoms with E-state index in [0.717, 1.165) is 0 Å². The molecular weight excluding hydrogens is 380 g/mol. The summed E-state index contributed by atoms with van der Waals surface area (Å²) in [4.78, 5) is 25.4. The molecule has 5 atom stereocenters. The second kappa shape index (κ2) is 7.75. The van der Waals surface area contributed by atoms with Crippen LogP contribution in [0.15, 0.2) is 42.5 Å². The molecular formula is C21H20O8. The lowest BCUT2D eigenvalue weighted by Crippen LogP contribution is -2.59. The van der Waals surface area contributed by atoms with E-state index in [9.17, 15) is 30.0 Å². The van der Waals surface area contributed by atoms with Gasteiger partial charge < -0.3 is 29.9 Å². The third-order valence-corrected chi connectivity index (χ3v) is 5.25. The number of aliphatic hydroxyl groups is 4. The van der Waals surface area contributed by atoms with Crippen LogP contribution in [0.2, 0.25) is 0 Å². The molecule has 0 amide bonds. The Labute approximate surface area is 165 Å². The highest BCUT2D eigenvalue weighted by atomic mass is 16.7. The van der Waals surface area contributed by atoms with E-state index in [-0.39, 0.29) is 23.7 Å². The standard InChI is InChI=1S/C21H20O8/c22-8-15-18(25)19(26)20(27)21(29-15)28-9-10-5-6-13-14(7-10)17(24)12-4-2-1-3-11(12)16(13)23/h1-7,15,18-22,25-27H,8-9H2/t15?,18-,19?,20?,21-/m1/s1. The van der Waals surface area contributed by atoms with Crippen molar-refractivity contribution >= 4 is 11.6 Å². The zero-order valence-corrected chi connectivity index (χ0v) is 15.3. The molecule has 1 aliphatic carbocycles. The first-order valence-corrected chi connectivity index (χ1v) is 9.16. The number of carbonyl (C=O) groups excluding carboxylic acids is 2. The van der Waals surface area contributed by atoms with E-state index in [1.165, 1.54) is 0 Å². The molecule has 0 aromatic heterocycles. The molecule has 0 saturated carbocycles. The van der Waals surface area contributed by atoms with Crippen molar-refractivity contribution in [3.63, 3.8) is 0 Å². The van der Waals surface area contributed by atoms with Gasteiger partial charge >= 0.3 is 0 Å². The maximum Gasteiger partial charge on any atom is 0.194 e.